The molecule has 2 aliphatic heterocycles. The van der Waals surface area contributed by atoms with Gasteiger partial charge in [-0.25, -0.2) is 0 Å². The predicted molar refractivity (Wildman–Crippen MR) is 60.6 cm³/mol. The van der Waals surface area contributed by atoms with Crippen LogP contribution in [0.25, 0.3) is 0 Å². The average Bonchev–Trinajstić information content (AvgIpc) is 2.48. The monoisotopic (exact) mass is 213 g/mol. The molecule has 0 radical (unpaired) electrons. The Morgan fingerprint density at radius 1 is 1.27 bits per heavy atom. The summed E-state index contributed by atoms with van der Waals surface area (Å²) in [5.41, 5.74) is 0. The number of rotatable bonds is 1. The summed E-state index contributed by atoms with van der Waals surface area (Å²) in [6.45, 7) is 10.6. The molecular weight excluding hydrogens is 190 g/mol. The van der Waals surface area contributed by atoms with Crippen molar-refractivity contribution >= 4 is 5.91 Å². The minimum atomic E-state index is 0.160. The highest BCUT2D eigenvalue weighted by Crippen LogP contribution is 2.26. The molecule has 0 spiro atoms. The van der Waals surface area contributed by atoms with Crippen LogP contribution in [0.15, 0.2) is 0 Å². The molecule has 88 valence electrons. The zero-order valence-electron chi connectivity index (χ0n) is 10.3. The first kappa shape index (κ1) is 12.5. The molecule has 0 saturated carbocycles. The molecule has 1 amide bonds. The van der Waals surface area contributed by atoms with E-state index in [1.54, 1.807) is 0 Å². The van der Waals surface area contributed by atoms with Crippen LogP contribution in [0, 0.1) is 11.8 Å². The van der Waals surface area contributed by atoms with Gasteiger partial charge < -0.3 is 9.64 Å². The number of nitrogens with zero attached hydrogens (tertiary/aromatic N) is 1. The molecule has 0 aromatic carbocycles. The molecule has 2 heterocycles. The van der Waals surface area contributed by atoms with Gasteiger partial charge in [-0.05, 0) is 19.3 Å². The summed E-state index contributed by atoms with van der Waals surface area (Å²) < 4.78 is 5.03. The quantitative estimate of drug-likeness (QED) is 0.666. The number of amides is 1. The van der Waals surface area contributed by atoms with E-state index in [9.17, 15) is 4.79 Å². The molecule has 2 fully saturated rings. The molecule has 2 aliphatic rings. The van der Waals surface area contributed by atoms with E-state index in [0.29, 0.717) is 31.1 Å². The van der Waals surface area contributed by atoms with Crippen LogP contribution in [0.4, 0.5) is 0 Å². The van der Waals surface area contributed by atoms with Gasteiger partial charge in [0.2, 0.25) is 5.91 Å². The van der Waals surface area contributed by atoms with Crippen molar-refractivity contribution in [2.24, 2.45) is 11.8 Å². The van der Waals surface area contributed by atoms with Gasteiger partial charge in [-0.2, -0.15) is 0 Å². The third-order valence-corrected chi connectivity index (χ3v) is 3.41. The van der Waals surface area contributed by atoms with E-state index in [1.165, 1.54) is 0 Å². The van der Waals surface area contributed by atoms with Crippen LogP contribution in [0.1, 0.15) is 34.1 Å². The fourth-order valence-corrected chi connectivity index (χ4v) is 2.02. The highest BCUT2D eigenvalue weighted by atomic mass is 16.5. The van der Waals surface area contributed by atoms with Gasteiger partial charge in [0.1, 0.15) is 0 Å². The Labute approximate surface area is 92.8 Å². The summed E-state index contributed by atoms with van der Waals surface area (Å²) in [6.07, 6.45) is 1.15. The highest BCUT2D eigenvalue weighted by Gasteiger charge is 2.37. The van der Waals surface area contributed by atoms with Crippen molar-refractivity contribution in [3.8, 4) is 0 Å². The normalized spacial score (nSPS) is 30.5. The molecule has 0 N–H and O–H groups in total. The Hall–Kier alpha value is -0.570. The number of carbonyl (C=O) groups excluding carboxylic acids is 1. The second-order valence-corrected chi connectivity index (χ2v) is 4.27. The third-order valence-electron chi connectivity index (χ3n) is 3.41. The molecule has 2 rings (SSSR count). The van der Waals surface area contributed by atoms with Gasteiger partial charge >= 0.3 is 0 Å². The van der Waals surface area contributed by atoms with E-state index >= 15 is 0 Å². The lowest BCUT2D eigenvalue weighted by atomic mass is 10.0. The summed E-state index contributed by atoms with van der Waals surface area (Å²) in [5, 5.41) is 0. The van der Waals surface area contributed by atoms with Crippen molar-refractivity contribution in [2.75, 3.05) is 19.8 Å². The molecule has 0 bridgehead atoms. The van der Waals surface area contributed by atoms with Crippen molar-refractivity contribution in [3.05, 3.63) is 0 Å². The van der Waals surface area contributed by atoms with Gasteiger partial charge in [0.05, 0.1) is 19.1 Å². The van der Waals surface area contributed by atoms with E-state index in [2.05, 4.69) is 13.8 Å². The SMILES string of the molecule is CC.CC1CCN(C(=O)C2COC2)C1C. The van der Waals surface area contributed by atoms with Crippen LogP contribution in [0.5, 0.6) is 0 Å². The van der Waals surface area contributed by atoms with E-state index in [-0.39, 0.29) is 5.92 Å². The van der Waals surface area contributed by atoms with Gasteiger partial charge in [-0.3, -0.25) is 4.79 Å². The van der Waals surface area contributed by atoms with Crippen LogP contribution in [-0.2, 0) is 9.53 Å². The molecule has 3 heteroatoms. The summed E-state index contributed by atoms with van der Waals surface area (Å²) in [7, 11) is 0. The van der Waals surface area contributed by atoms with Gasteiger partial charge in [0, 0.05) is 12.6 Å². The van der Waals surface area contributed by atoms with E-state index in [4.69, 9.17) is 4.74 Å². The van der Waals surface area contributed by atoms with Gasteiger partial charge in [0.25, 0.3) is 0 Å². The van der Waals surface area contributed by atoms with Gasteiger partial charge in [-0.1, -0.05) is 20.8 Å². The van der Waals surface area contributed by atoms with Crippen molar-refractivity contribution < 1.29 is 9.53 Å². The minimum absolute atomic E-state index is 0.160. The maximum atomic E-state index is 11.8. The van der Waals surface area contributed by atoms with Crippen molar-refractivity contribution in [2.45, 2.75) is 40.2 Å². The van der Waals surface area contributed by atoms with Crippen molar-refractivity contribution in [1.82, 2.24) is 4.90 Å². The summed E-state index contributed by atoms with van der Waals surface area (Å²) in [6, 6.07) is 0.424. The number of likely N-dealkylation sites (tertiary alicyclic amines) is 1. The summed E-state index contributed by atoms with van der Waals surface area (Å²) in [5.74, 6) is 1.13. The van der Waals surface area contributed by atoms with Crippen LogP contribution in [0.3, 0.4) is 0 Å². The molecule has 3 nitrogen and oxygen atoms in total. The Balaban J connectivity index is 0.000000531. The largest absolute Gasteiger partial charge is 0.380 e. The van der Waals surface area contributed by atoms with Crippen LogP contribution in [-0.4, -0.2) is 36.6 Å². The topological polar surface area (TPSA) is 29.5 Å². The standard InChI is InChI=1S/C10H17NO2.C2H6/c1-7-3-4-11(8(7)2)10(12)9-5-13-6-9;1-2/h7-9H,3-6H2,1-2H3;1-2H3. The third kappa shape index (κ3) is 2.51. The first-order valence-electron chi connectivity index (χ1n) is 6.08. The van der Waals surface area contributed by atoms with Crippen LogP contribution < -0.4 is 0 Å². The Kier molecular flexibility index (Phi) is 4.58. The van der Waals surface area contributed by atoms with Crippen LogP contribution >= 0.6 is 0 Å². The number of hydrogen-bond acceptors (Lipinski definition) is 2. The lowest BCUT2D eigenvalue weighted by Gasteiger charge is -2.32. The van der Waals surface area contributed by atoms with Crippen molar-refractivity contribution in [1.29, 1.82) is 0 Å². The van der Waals surface area contributed by atoms with E-state index in [1.807, 2.05) is 18.7 Å². The second-order valence-electron chi connectivity index (χ2n) is 4.27. The van der Waals surface area contributed by atoms with Gasteiger partial charge in [-0.15, -0.1) is 0 Å². The lowest BCUT2D eigenvalue weighted by Crippen LogP contribution is -2.46. The second kappa shape index (κ2) is 5.50. The first-order chi connectivity index (χ1) is 7.20. The fourth-order valence-electron chi connectivity index (χ4n) is 2.02. The Morgan fingerprint density at radius 2 is 1.87 bits per heavy atom. The van der Waals surface area contributed by atoms with E-state index in [0.717, 1.165) is 13.0 Å². The maximum Gasteiger partial charge on any atom is 0.230 e. The predicted octanol–water partition coefficient (Wildman–Crippen LogP) is 1.92. The summed E-state index contributed by atoms with van der Waals surface area (Å²) in [4.78, 5) is 13.9. The molecule has 15 heavy (non-hydrogen) atoms. The van der Waals surface area contributed by atoms with E-state index < -0.39 is 0 Å². The number of ether oxygens (including phenoxy) is 1. The molecule has 0 aromatic heterocycles. The van der Waals surface area contributed by atoms with Gasteiger partial charge in [0.15, 0.2) is 0 Å². The highest BCUT2D eigenvalue weighted by molar-refractivity contribution is 5.80. The molecule has 2 atom stereocenters. The fraction of sp³-hybridized carbons (Fsp3) is 0.917. The minimum Gasteiger partial charge on any atom is -0.380 e. The summed E-state index contributed by atoms with van der Waals surface area (Å²) >= 11 is 0. The Morgan fingerprint density at radius 3 is 2.20 bits per heavy atom. The van der Waals surface area contributed by atoms with Crippen molar-refractivity contribution in [3.63, 3.8) is 0 Å². The smallest absolute Gasteiger partial charge is 0.230 e. The lowest BCUT2D eigenvalue weighted by molar-refractivity contribution is -0.150. The van der Waals surface area contributed by atoms with Crippen LogP contribution in [0.2, 0.25) is 0 Å². The average molecular weight is 213 g/mol. The molecule has 0 aliphatic carbocycles. The Bertz CT molecular complexity index is 214. The molecule has 2 saturated heterocycles. The molecular formula is C12H23NO2. The maximum absolute atomic E-state index is 11.8. The number of hydrogen-bond donors (Lipinski definition) is 0. The number of carbonyl (C=O) groups is 1. The zero-order chi connectivity index (χ0) is 11.4. The molecule has 0 aromatic rings. The zero-order valence-corrected chi connectivity index (χ0v) is 10.3. The first-order valence-corrected chi connectivity index (χ1v) is 6.08. The molecule has 2 unspecified atom stereocenters.